The maximum atomic E-state index is 11.7. The van der Waals surface area contributed by atoms with Crippen LogP contribution in [0.5, 0.6) is 0 Å². The second-order valence-electron chi connectivity index (χ2n) is 4.75. The molecule has 2 aromatic rings. The molecule has 2 aromatic carbocycles. The number of benzene rings is 2. The van der Waals surface area contributed by atoms with Crippen LogP contribution >= 0.6 is 6.83 Å². The van der Waals surface area contributed by atoms with Crippen molar-refractivity contribution in [3.8, 4) is 0 Å². The van der Waals surface area contributed by atoms with Gasteiger partial charge in [-0.15, -0.1) is 0 Å². The summed E-state index contributed by atoms with van der Waals surface area (Å²) in [7, 11) is 0. The average molecular weight is 260 g/mol. The molecule has 96 valence electrons. The molecule has 0 spiro atoms. The topological polar surface area (TPSA) is 20.2 Å². The van der Waals surface area contributed by atoms with E-state index in [0.717, 1.165) is 22.9 Å². The predicted molar refractivity (Wildman–Crippen MR) is 82.4 cm³/mol. The molecule has 2 rings (SSSR count). The summed E-state index contributed by atoms with van der Waals surface area (Å²) in [6.07, 6.45) is 1.58. The van der Waals surface area contributed by atoms with E-state index < -0.39 is 6.83 Å². The summed E-state index contributed by atoms with van der Waals surface area (Å²) in [5, 5.41) is 2.19. The molecule has 0 atom stereocenters. The molecule has 0 aliphatic heterocycles. The van der Waals surface area contributed by atoms with Crippen LogP contribution in [0.3, 0.4) is 0 Å². The Kier molecular flexibility index (Phi) is 3.56. The van der Waals surface area contributed by atoms with Crippen LogP contribution < -0.4 is 10.6 Å². The van der Waals surface area contributed by atoms with Crippen LogP contribution in [0.15, 0.2) is 60.7 Å². The summed E-state index contributed by atoms with van der Waals surface area (Å²) in [5.74, 6) is 0. The number of rotatable bonds is 4. The summed E-state index contributed by atoms with van der Waals surface area (Å²) in [5.41, 5.74) is 0. The Hall–Kier alpha value is -1.17. The normalized spacial score (nSPS) is 13.8. The first-order chi connectivity index (χ1) is 8.64. The number of hydrogen-bond acceptors (Lipinski definition) is 1. The van der Waals surface area contributed by atoms with E-state index in [9.17, 15) is 4.89 Å². The van der Waals surface area contributed by atoms with Gasteiger partial charge in [0.25, 0.3) is 0 Å². The summed E-state index contributed by atoms with van der Waals surface area (Å²) in [6.45, 7) is 1.21. The van der Waals surface area contributed by atoms with E-state index >= 15 is 0 Å². The second kappa shape index (κ2) is 4.84. The van der Waals surface area contributed by atoms with Crippen molar-refractivity contribution >= 4 is 17.4 Å². The second-order valence-corrected chi connectivity index (χ2v) is 9.95. The Morgan fingerprint density at radius 1 is 0.722 bits per heavy atom. The van der Waals surface area contributed by atoms with Crippen molar-refractivity contribution in [3.63, 3.8) is 0 Å². The molecule has 0 aliphatic rings. The van der Waals surface area contributed by atoms with Gasteiger partial charge in [0, 0.05) is 0 Å². The Morgan fingerprint density at radius 2 is 1.06 bits per heavy atom. The zero-order chi connectivity index (χ0) is 13.1. The van der Waals surface area contributed by atoms with Gasteiger partial charge in [0.1, 0.15) is 0 Å². The number of hydrogen-bond donors (Lipinski definition) is 1. The SMILES string of the molecule is CCP(O)(CC)(c1ccccc1)c1ccccc1. The Bertz CT molecular complexity index is 460. The fraction of sp³-hybridized carbons (Fsp3) is 0.250. The van der Waals surface area contributed by atoms with Crippen LogP contribution in [0, 0.1) is 0 Å². The van der Waals surface area contributed by atoms with Gasteiger partial charge < -0.3 is 0 Å². The van der Waals surface area contributed by atoms with Gasteiger partial charge in [0.2, 0.25) is 0 Å². The van der Waals surface area contributed by atoms with Gasteiger partial charge in [-0.3, -0.25) is 0 Å². The monoisotopic (exact) mass is 260 g/mol. The van der Waals surface area contributed by atoms with Crippen LogP contribution in [0.1, 0.15) is 13.8 Å². The molecule has 0 fully saturated rings. The van der Waals surface area contributed by atoms with Crippen LogP contribution in [-0.2, 0) is 0 Å². The zero-order valence-electron chi connectivity index (χ0n) is 11.1. The summed E-state index contributed by atoms with van der Waals surface area (Å²) in [6, 6.07) is 20.3. The Morgan fingerprint density at radius 3 is 1.33 bits per heavy atom. The van der Waals surface area contributed by atoms with E-state index in [4.69, 9.17) is 0 Å². The molecular weight excluding hydrogens is 239 g/mol. The molecule has 0 radical (unpaired) electrons. The van der Waals surface area contributed by atoms with Crippen molar-refractivity contribution in [2.24, 2.45) is 0 Å². The molecule has 18 heavy (non-hydrogen) atoms. The van der Waals surface area contributed by atoms with Gasteiger partial charge in [0.15, 0.2) is 0 Å². The van der Waals surface area contributed by atoms with Crippen LogP contribution in [0.4, 0.5) is 0 Å². The molecule has 0 aliphatic carbocycles. The molecule has 0 unspecified atom stereocenters. The molecular formula is C16H21OP. The van der Waals surface area contributed by atoms with E-state index in [1.807, 2.05) is 36.4 Å². The molecule has 0 saturated heterocycles. The first kappa shape index (κ1) is 13.3. The standard InChI is InChI=1S/C16H21OP/c1-3-18(17,4-2,15-11-7-5-8-12-15)16-13-9-6-10-14-16/h5-14,17H,3-4H2,1-2H3. The van der Waals surface area contributed by atoms with E-state index in [2.05, 4.69) is 38.1 Å². The minimum atomic E-state index is -2.98. The van der Waals surface area contributed by atoms with Gasteiger partial charge in [-0.2, -0.15) is 0 Å². The van der Waals surface area contributed by atoms with E-state index in [1.165, 1.54) is 0 Å². The molecule has 0 heterocycles. The first-order valence-corrected chi connectivity index (χ1v) is 9.07. The van der Waals surface area contributed by atoms with Gasteiger partial charge in [-0.25, -0.2) is 0 Å². The average Bonchev–Trinajstić information content (AvgIpc) is 2.48. The molecule has 0 saturated carbocycles. The molecule has 2 heteroatoms. The fourth-order valence-corrected chi connectivity index (χ4v) is 6.62. The third-order valence-corrected chi connectivity index (χ3v) is 9.85. The van der Waals surface area contributed by atoms with Crippen molar-refractivity contribution in [1.82, 2.24) is 0 Å². The first-order valence-electron chi connectivity index (χ1n) is 6.52. The quantitative estimate of drug-likeness (QED) is 0.837. The Balaban J connectivity index is 2.71. The fourth-order valence-electron chi connectivity index (χ4n) is 2.66. The third-order valence-electron chi connectivity index (χ3n) is 4.09. The van der Waals surface area contributed by atoms with E-state index in [1.54, 1.807) is 0 Å². The predicted octanol–water partition coefficient (Wildman–Crippen LogP) is 3.14. The summed E-state index contributed by atoms with van der Waals surface area (Å²) in [4.78, 5) is 11.7. The molecule has 0 amide bonds. The van der Waals surface area contributed by atoms with Crippen LogP contribution in [0.2, 0.25) is 0 Å². The molecule has 0 aromatic heterocycles. The van der Waals surface area contributed by atoms with Crippen molar-refractivity contribution < 1.29 is 4.89 Å². The van der Waals surface area contributed by atoms with Crippen molar-refractivity contribution in [3.05, 3.63) is 60.7 Å². The van der Waals surface area contributed by atoms with E-state index in [0.29, 0.717) is 0 Å². The van der Waals surface area contributed by atoms with E-state index in [-0.39, 0.29) is 0 Å². The summed E-state index contributed by atoms with van der Waals surface area (Å²) >= 11 is 0. The van der Waals surface area contributed by atoms with Gasteiger partial charge in [0.05, 0.1) is 0 Å². The van der Waals surface area contributed by atoms with Crippen molar-refractivity contribution in [2.75, 3.05) is 12.3 Å². The van der Waals surface area contributed by atoms with Gasteiger partial charge in [-0.05, 0) is 0 Å². The third kappa shape index (κ3) is 1.88. The molecule has 0 bridgehead atoms. The maximum absolute atomic E-state index is 11.7. The summed E-state index contributed by atoms with van der Waals surface area (Å²) < 4.78 is 0. The van der Waals surface area contributed by atoms with Crippen molar-refractivity contribution in [1.29, 1.82) is 0 Å². The van der Waals surface area contributed by atoms with Crippen LogP contribution in [0.25, 0.3) is 0 Å². The zero-order valence-corrected chi connectivity index (χ0v) is 12.0. The minimum absolute atomic E-state index is 0.788. The van der Waals surface area contributed by atoms with Crippen LogP contribution in [-0.4, -0.2) is 17.2 Å². The van der Waals surface area contributed by atoms with Crippen molar-refractivity contribution in [2.45, 2.75) is 13.8 Å². The van der Waals surface area contributed by atoms with Gasteiger partial charge in [-0.1, -0.05) is 0 Å². The van der Waals surface area contributed by atoms with Gasteiger partial charge >= 0.3 is 109 Å². The molecule has 1 nitrogen and oxygen atoms in total. The Labute approximate surface area is 109 Å². The molecule has 1 N–H and O–H groups in total.